The molecule has 0 aromatic heterocycles. The molecular formula is C15H24N2. The fourth-order valence-electron chi connectivity index (χ4n) is 2.66. The molecule has 1 aromatic rings. The van der Waals surface area contributed by atoms with Crippen LogP contribution in [0.5, 0.6) is 0 Å². The van der Waals surface area contributed by atoms with Gasteiger partial charge in [-0.3, -0.25) is 0 Å². The highest BCUT2D eigenvalue weighted by atomic mass is 15.1. The minimum Gasteiger partial charge on any atom is -0.372 e. The van der Waals surface area contributed by atoms with E-state index in [2.05, 4.69) is 48.3 Å². The Labute approximate surface area is 105 Å². The van der Waals surface area contributed by atoms with E-state index in [1.807, 2.05) is 7.05 Å². The van der Waals surface area contributed by atoms with E-state index >= 15 is 0 Å². The van der Waals surface area contributed by atoms with Gasteiger partial charge >= 0.3 is 0 Å². The molecule has 0 spiro atoms. The first-order valence-electron chi connectivity index (χ1n) is 6.79. The van der Waals surface area contributed by atoms with E-state index in [1.165, 1.54) is 17.7 Å². The normalized spacial score (nSPS) is 22.5. The zero-order valence-corrected chi connectivity index (χ0v) is 11.2. The van der Waals surface area contributed by atoms with E-state index in [0.717, 1.165) is 31.5 Å². The number of hydrogen-bond donors (Lipinski definition) is 1. The summed E-state index contributed by atoms with van der Waals surface area (Å²) in [7, 11) is 2.04. The predicted molar refractivity (Wildman–Crippen MR) is 74.8 cm³/mol. The molecule has 0 amide bonds. The Morgan fingerprint density at radius 1 is 1.18 bits per heavy atom. The lowest BCUT2D eigenvalue weighted by molar-refractivity contribution is 0.698. The maximum Gasteiger partial charge on any atom is 0.0366 e. The minimum atomic E-state index is 0.799. The molecule has 1 fully saturated rings. The summed E-state index contributed by atoms with van der Waals surface area (Å²) in [6.45, 7) is 7.74. The van der Waals surface area contributed by atoms with Crippen molar-refractivity contribution in [3.8, 4) is 0 Å². The molecule has 2 atom stereocenters. The summed E-state index contributed by atoms with van der Waals surface area (Å²) in [6.07, 6.45) is 1.35. The molecule has 0 heterocycles. The summed E-state index contributed by atoms with van der Waals surface area (Å²) < 4.78 is 0. The van der Waals surface area contributed by atoms with Crippen molar-refractivity contribution < 1.29 is 0 Å². The molecule has 0 unspecified atom stereocenters. The molecular weight excluding hydrogens is 208 g/mol. The van der Waals surface area contributed by atoms with Crippen molar-refractivity contribution in [2.75, 3.05) is 31.6 Å². The van der Waals surface area contributed by atoms with Crippen molar-refractivity contribution >= 4 is 5.69 Å². The molecule has 1 N–H and O–H groups in total. The molecule has 94 valence electrons. The number of nitrogens with one attached hydrogen (secondary N) is 1. The van der Waals surface area contributed by atoms with Crippen LogP contribution in [0.1, 0.15) is 31.7 Å². The highest BCUT2D eigenvalue weighted by Gasteiger charge is 2.37. The van der Waals surface area contributed by atoms with Crippen LogP contribution in [0.3, 0.4) is 0 Å². The van der Waals surface area contributed by atoms with Gasteiger partial charge in [0.2, 0.25) is 0 Å². The van der Waals surface area contributed by atoms with Crippen LogP contribution in [0.25, 0.3) is 0 Å². The largest absolute Gasteiger partial charge is 0.372 e. The third-order valence-electron chi connectivity index (χ3n) is 3.84. The summed E-state index contributed by atoms with van der Waals surface area (Å²) in [5.41, 5.74) is 2.87. The molecule has 1 saturated carbocycles. The van der Waals surface area contributed by atoms with Gasteiger partial charge in [0.05, 0.1) is 0 Å². The molecule has 2 nitrogen and oxygen atoms in total. The highest BCUT2D eigenvalue weighted by molar-refractivity contribution is 5.48. The monoisotopic (exact) mass is 232 g/mol. The van der Waals surface area contributed by atoms with Crippen molar-refractivity contribution in [3.05, 3.63) is 29.8 Å². The zero-order chi connectivity index (χ0) is 12.3. The second kappa shape index (κ2) is 5.54. The summed E-state index contributed by atoms with van der Waals surface area (Å²) in [6, 6.07) is 9.18. The fourth-order valence-corrected chi connectivity index (χ4v) is 2.66. The van der Waals surface area contributed by atoms with Gasteiger partial charge in [0, 0.05) is 18.8 Å². The first-order chi connectivity index (χ1) is 8.30. The zero-order valence-electron chi connectivity index (χ0n) is 11.2. The lowest BCUT2D eigenvalue weighted by Crippen LogP contribution is -2.21. The number of nitrogens with zero attached hydrogens (tertiary/aromatic N) is 1. The quantitative estimate of drug-likeness (QED) is 0.811. The number of hydrogen-bond acceptors (Lipinski definition) is 2. The molecule has 0 aliphatic heterocycles. The Bertz CT molecular complexity index is 340. The van der Waals surface area contributed by atoms with E-state index in [4.69, 9.17) is 0 Å². The van der Waals surface area contributed by atoms with E-state index in [1.54, 1.807) is 0 Å². The first-order valence-corrected chi connectivity index (χ1v) is 6.79. The summed E-state index contributed by atoms with van der Waals surface area (Å²) in [5.74, 6) is 1.66. The molecule has 17 heavy (non-hydrogen) atoms. The van der Waals surface area contributed by atoms with Gasteiger partial charge in [0.15, 0.2) is 0 Å². The van der Waals surface area contributed by atoms with Crippen molar-refractivity contribution in [2.45, 2.75) is 26.2 Å². The standard InChI is InChI=1S/C15H24N2/c1-4-17(5-2)14-8-6-12(7-9-14)15-10-13(15)11-16-3/h6-9,13,15-16H,4-5,10-11H2,1-3H3/t13-,15-/m1/s1. The van der Waals surface area contributed by atoms with Crippen LogP contribution in [-0.2, 0) is 0 Å². The van der Waals surface area contributed by atoms with Gasteiger partial charge in [0.25, 0.3) is 0 Å². The van der Waals surface area contributed by atoms with E-state index in [0.29, 0.717) is 0 Å². The lowest BCUT2D eigenvalue weighted by atomic mass is 10.1. The van der Waals surface area contributed by atoms with Gasteiger partial charge in [-0.25, -0.2) is 0 Å². The van der Waals surface area contributed by atoms with Crippen LogP contribution < -0.4 is 10.2 Å². The van der Waals surface area contributed by atoms with Crippen LogP contribution in [0.2, 0.25) is 0 Å². The lowest BCUT2D eigenvalue weighted by Gasteiger charge is -2.21. The van der Waals surface area contributed by atoms with Crippen molar-refractivity contribution in [2.24, 2.45) is 5.92 Å². The number of anilines is 1. The summed E-state index contributed by atoms with van der Waals surface area (Å²) in [5, 5.41) is 3.27. The maximum absolute atomic E-state index is 3.27. The molecule has 1 aliphatic rings. The molecule has 0 radical (unpaired) electrons. The van der Waals surface area contributed by atoms with Gasteiger partial charge < -0.3 is 10.2 Å². The smallest absolute Gasteiger partial charge is 0.0366 e. The average Bonchev–Trinajstić information content (AvgIpc) is 3.11. The number of rotatable bonds is 6. The van der Waals surface area contributed by atoms with Crippen LogP contribution >= 0.6 is 0 Å². The molecule has 2 heteroatoms. The Morgan fingerprint density at radius 3 is 2.35 bits per heavy atom. The SMILES string of the molecule is CCN(CC)c1ccc([C@H]2C[C@@H]2CNC)cc1. The molecule has 2 rings (SSSR count). The van der Waals surface area contributed by atoms with Gasteiger partial charge in [0.1, 0.15) is 0 Å². The third-order valence-corrected chi connectivity index (χ3v) is 3.84. The Balaban J connectivity index is 1.99. The second-order valence-corrected chi connectivity index (χ2v) is 4.92. The van der Waals surface area contributed by atoms with Crippen molar-refractivity contribution in [3.63, 3.8) is 0 Å². The first kappa shape index (κ1) is 12.4. The van der Waals surface area contributed by atoms with E-state index in [-0.39, 0.29) is 0 Å². The van der Waals surface area contributed by atoms with Crippen LogP contribution in [0.4, 0.5) is 5.69 Å². The maximum atomic E-state index is 3.27. The van der Waals surface area contributed by atoms with Crippen molar-refractivity contribution in [1.29, 1.82) is 0 Å². The van der Waals surface area contributed by atoms with Crippen LogP contribution in [-0.4, -0.2) is 26.7 Å². The average molecular weight is 232 g/mol. The topological polar surface area (TPSA) is 15.3 Å². The fraction of sp³-hybridized carbons (Fsp3) is 0.600. The summed E-state index contributed by atoms with van der Waals surface area (Å²) in [4.78, 5) is 2.39. The Hall–Kier alpha value is -1.02. The van der Waals surface area contributed by atoms with Crippen LogP contribution in [0.15, 0.2) is 24.3 Å². The summed E-state index contributed by atoms with van der Waals surface area (Å²) >= 11 is 0. The van der Waals surface area contributed by atoms with Gasteiger partial charge in [-0.15, -0.1) is 0 Å². The van der Waals surface area contributed by atoms with Gasteiger partial charge in [-0.1, -0.05) is 12.1 Å². The predicted octanol–water partition coefficient (Wildman–Crippen LogP) is 2.86. The highest BCUT2D eigenvalue weighted by Crippen LogP contribution is 2.47. The van der Waals surface area contributed by atoms with Crippen molar-refractivity contribution in [1.82, 2.24) is 5.32 Å². The Kier molecular flexibility index (Phi) is 4.06. The van der Waals surface area contributed by atoms with Gasteiger partial charge in [-0.05, 0) is 63.4 Å². The molecule has 0 bridgehead atoms. The Morgan fingerprint density at radius 2 is 1.82 bits per heavy atom. The van der Waals surface area contributed by atoms with Gasteiger partial charge in [-0.2, -0.15) is 0 Å². The minimum absolute atomic E-state index is 0.799. The molecule has 1 aliphatic carbocycles. The third kappa shape index (κ3) is 2.81. The number of benzene rings is 1. The molecule has 0 saturated heterocycles. The van der Waals surface area contributed by atoms with Crippen LogP contribution in [0, 0.1) is 5.92 Å². The van der Waals surface area contributed by atoms with E-state index in [9.17, 15) is 0 Å². The second-order valence-electron chi connectivity index (χ2n) is 4.92. The molecule has 1 aromatic carbocycles. The van der Waals surface area contributed by atoms with E-state index < -0.39 is 0 Å².